The number of hydrogen-bond acceptors (Lipinski definition) is 3. The smallest absolute Gasteiger partial charge is 0.267 e. The van der Waals surface area contributed by atoms with Gasteiger partial charge in [-0.25, -0.2) is 0 Å². The quantitative estimate of drug-likeness (QED) is 0.921. The van der Waals surface area contributed by atoms with Crippen LogP contribution in [-0.2, 0) is 7.05 Å². The molecule has 0 spiro atoms. The summed E-state index contributed by atoms with van der Waals surface area (Å²) in [4.78, 5) is 12.0. The lowest BCUT2D eigenvalue weighted by atomic mass is 10.4. The first-order valence-electron chi connectivity index (χ1n) is 5.46. The van der Waals surface area contributed by atoms with Gasteiger partial charge in [-0.1, -0.05) is 0 Å². The van der Waals surface area contributed by atoms with Crippen molar-refractivity contribution in [2.45, 2.75) is 5.25 Å². The van der Waals surface area contributed by atoms with Gasteiger partial charge in [0.1, 0.15) is 5.69 Å². The molecule has 0 aromatic carbocycles. The highest BCUT2D eigenvalue weighted by molar-refractivity contribution is 9.10. The van der Waals surface area contributed by atoms with Crippen LogP contribution in [-0.4, -0.2) is 39.5 Å². The van der Waals surface area contributed by atoms with Crippen molar-refractivity contribution in [3.63, 3.8) is 0 Å². The second-order valence-corrected chi connectivity index (χ2v) is 7.41. The molecule has 1 atom stereocenters. The Morgan fingerprint density at radius 1 is 1.65 bits per heavy atom. The average molecular weight is 335 g/mol. The highest BCUT2D eigenvalue weighted by Crippen LogP contribution is 2.23. The Morgan fingerprint density at radius 2 is 2.47 bits per heavy atom. The third-order valence-corrected chi connectivity index (χ3v) is 5.86. The van der Waals surface area contributed by atoms with Crippen molar-refractivity contribution < 1.29 is 4.79 Å². The summed E-state index contributed by atoms with van der Waals surface area (Å²) in [6.07, 6.45) is 1.89. The molecule has 94 valence electrons. The number of nitrogens with zero attached hydrogens (tertiary/aromatic N) is 1. The predicted octanol–water partition coefficient (Wildman–Crippen LogP) is 2.37. The van der Waals surface area contributed by atoms with Gasteiger partial charge in [0, 0.05) is 46.8 Å². The van der Waals surface area contributed by atoms with E-state index in [1.807, 2.05) is 47.4 Å². The van der Waals surface area contributed by atoms with Gasteiger partial charge in [-0.2, -0.15) is 23.5 Å². The van der Waals surface area contributed by atoms with Crippen LogP contribution in [0.3, 0.4) is 0 Å². The van der Waals surface area contributed by atoms with E-state index in [9.17, 15) is 4.79 Å². The van der Waals surface area contributed by atoms with E-state index < -0.39 is 0 Å². The molecule has 1 amide bonds. The Labute approximate surface area is 118 Å². The summed E-state index contributed by atoms with van der Waals surface area (Å²) >= 11 is 7.30. The van der Waals surface area contributed by atoms with E-state index in [2.05, 4.69) is 21.2 Å². The number of thioether (sulfide) groups is 2. The van der Waals surface area contributed by atoms with E-state index in [-0.39, 0.29) is 5.91 Å². The number of aromatic nitrogens is 1. The van der Waals surface area contributed by atoms with Crippen LogP contribution in [0, 0.1) is 0 Å². The molecular weight excluding hydrogens is 320 g/mol. The minimum absolute atomic E-state index is 0.00868. The van der Waals surface area contributed by atoms with Crippen molar-refractivity contribution in [2.24, 2.45) is 7.05 Å². The number of aryl methyl sites for hydroxylation is 1. The summed E-state index contributed by atoms with van der Waals surface area (Å²) in [5.74, 6) is 3.58. The first kappa shape index (κ1) is 13.4. The molecule has 1 aliphatic heterocycles. The number of nitrogens with one attached hydrogen (secondary N) is 1. The molecule has 1 aliphatic rings. The third kappa shape index (κ3) is 3.69. The average Bonchev–Trinajstić information content (AvgIpc) is 2.67. The topological polar surface area (TPSA) is 34.0 Å². The second-order valence-electron chi connectivity index (χ2n) is 3.93. The van der Waals surface area contributed by atoms with Gasteiger partial charge < -0.3 is 9.88 Å². The molecule has 0 aliphatic carbocycles. The Balaban J connectivity index is 1.86. The van der Waals surface area contributed by atoms with Crippen LogP contribution in [0.5, 0.6) is 0 Å². The van der Waals surface area contributed by atoms with Gasteiger partial charge >= 0.3 is 0 Å². The second kappa shape index (κ2) is 6.20. The molecule has 1 aromatic heterocycles. The number of hydrogen-bond donors (Lipinski definition) is 1. The van der Waals surface area contributed by atoms with Gasteiger partial charge in [0.2, 0.25) is 0 Å². The number of halogens is 1. The molecule has 6 heteroatoms. The number of rotatable bonds is 3. The van der Waals surface area contributed by atoms with E-state index in [0.717, 1.165) is 16.8 Å². The number of carbonyl (C=O) groups excluding carboxylic acids is 1. The Morgan fingerprint density at radius 3 is 3.06 bits per heavy atom. The minimum Gasteiger partial charge on any atom is -0.350 e. The largest absolute Gasteiger partial charge is 0.350 e. The fraction of sp³-hybridized carbons (Fsp3) is 0.545. The zero-order chi connectivity index (χ0) is 12.3. The molecule has 2 heterocycles. The lowest BCUT2D eigenvalue weighted by Gasteiger charge is -2.21. The van der Waals surface area contributed by atoms with Crippen molar-refractivity contribution in [3.05, 3.63) is 22.4 Å². The maximum absolute atomic E-state index is 12.0. The first-order chi connectivity index (χ1) is 8.16. The molecule has 1 aromatic rings. The fourth-order valence-electron chi connectivity index (χ4n) is 1.70. The van der Waals surface area contributed by atoms with Crippen LogP contribution in [0.1, 0.15) is 10.5 Å². The maximum Gasteiger partial charge on any atom is 0.267 e. The Bertz CT molecular complexity index is 402. The van der Waals surface area contributed by atoms with Crippen LogP contribution in [0.25, 0.3) is 0 Å². The lowest BCUT2D eigenvalue weighted by Crippen LogP contribution is -2.34. The standard InChI is InChI=1S/C11H15BrN2OS2/c1-14-6-8(12)4-10(14)11(15)13-5-9-7-16-2-3-17-9/h4,6,9H,2-3,5,7H2,1H3,(H,13,15). The molecular formula is C11H15BrN2OS2. The summed E-state index contributed by atoms with van der Waals surface area (Å²) in [6, 6.07) is 1.85. The van der Waals surface area contributed by atoms with Gasteiger partial charge in [0.25, 0.3) is 5.91 Å². The molecule has 0 bridgehead atoms. The van der Waals surface area contributed by atoms with E-state index >= 15 is 0 Å². The highest BCUT2D eigenvalue weighted by Gasteiger charge is 2.16. The molecule has 1 fully saturated rings. The molecule has 1 saturated heterocycles. The van der Waals surface area contributed by atoms with Crippen molar-refractivity contribution in [2.75, 3.05) is 23.8 Å². The monoisotopic (exact) mass is 334 g/mol. The Hall–Kier alpha value is -0.0700. The minimum atomic E-state index is 0.00868. The maximum atomic E-state index is 12.0. The van der Waals surface area contributed by atoms with Gasteiger partial charge in [0.15, 0.2) is 0 Å². The Kier molecular flexibility index (Phi) is 4.87. The molecule has 2 rings (SSSR count). The van der Waals surface area contributed by atoms with Gasteiger partial charge in [-0.15, -0.1) is 0 Å². The zero-order valence-electron chi connectivity index (χ0n) is 9.61. The van der Waals surface area contributed by atoms with Gasteiger partial charge in [-0.05, 0) is 22.0 Å². The third-order valence-electron chi connectivity index (χ3n) is 2.58. The molecule has 0 radical (unpaired) electrons. The molecule has 17 heavy (non-hydrogen) atoms. The normalized spacial score (nSPS) is 20.2. The van der Waals surface area contributed by atoms with Gasteiger partial charge in [0.05, 0.1) is 0 Å². The van der Waals surface area contributed by atoms with E-state index in [4.69, 9.17) is 0 Å². The molecule has 3 nitrogen and oxygen atoms in total. The summed E-state index contributed by atoms with van der Waals surface area (Å²) in [5.41, 5.74) is 0.699. The highest BCUT2D eigenvalue weighted by atomic mass is 79.9. The summed E-state index contributed by atoms with van der Waals surface area (Å²) in [7, 11) is 1.88. The number of carbonyl (C=O) groups is 1. The van der Waals surface area contributed by atoms with E-state index in [1.165, 1.54) is 11.5 Å². The van der Waals surface area contributed by atoms with E-state index in [0.29, 0.717) is 10.9 Å². The SMILES string of the molecule is Cn1cc(Br)cc1C(=O)NCC1CSCCS1. The lowest BCUT2D eigenvalue weighted by molar-refractivity contribution is 0.0946. The van der Waals surface area contributed by atoms with Crippen molar-refractivity contribution in [1.29, 1.82) is 0 Å². The number of amides is 1. The predicted molar refractivity (Wildman–Crippen MR) is 79.0 cm³/mol. The van der Waals surface area contributed by atoms with Crippen LogP contribution in [0.2, 0.25) is 0 Å². The molecule has 0 saturated carbocycles. The zero-order valence-corrected chi connectivity index (χ0v) is 12.8. The summed E-state index contributed by atoms with van der Waals surface area (Å²) in [5, 5.41) is 3.56. The van der Waals surface area contributed by atoms with Crippen LogP contribution in [0.15, 0.2) is 16.7 Å². The van der Waals surface area contributed by atoms with Crippen LogP contribution in [0.4, 0.5) is 0 Å². The fourth-order valence-corrected chi connectivity index (χ4v) is 4.84. The van der Waals surface area contributed by atoms with Crippen molar-refractivity contribution in [3.8, 4) is 0 Å². The summed E-state index contributed by atoms with van der Waals surface area (Å²) < 4.78 is 2.77. The van der Waals surface area contributed by atoms with Crippen molar-refractivity contribution in [1.82, 2.24) is 9.88 Å². The van der Waals surface area contributed by atoms with Crippen LogP contribution < -0.4 is 5.32 Å². The van der Waals surface area contributed by atoms with Gasteiger partial charge in [-0.3, -0.25) is 4.79 Å². The van der Waals surface area contributed by atoms with Crippen LogP contribution >= 0.6 is 39.5 Å². The molecule has 1 N–H and O–H groups in total. The first-order valence-corrected chi connectivity index (χ1v) is 8.46. The molecule has 1 unspecified atom stereocenters. The summed E-state index contributed by atoms with van der Waals surface area (Å²) in [6.45, 7) is 0.763. The van der Waals surface area contributed by atoms with E-state index in [1.54, 1.807) is 0 Å². The van der Waals surface area contributed by atoms with Crippen molar-refractivity contribution >= 4 is 45.4 Å².